The van der Waals surface area contributed by atoms with Gasteiger partial charge in [-0.3, -0.25) is 9.69 Å². The van der Waals surface area contributed by atoms with Crippen molar-refractivity contribution in [1.29, 1.82) is 0 Å². The van der Waals surface area contributed by atoms with Crippen molar-refractivity contribution in [2.24, 2.45) is 5.73 Å². The Hall–Kier alpha value is -0.960. The van der Waals surface area contributed by atoms with E-state index in [-0.39, 0.29) is 11.9 Å². The molecule has 1 unspecified atom stereocenters. The van der Waals surface area contributed by atoms with Crippen molar-refractivity contribution in [3.63, 3.8) is 0 Å². The van der Waals surface area contributed by atoms with Crippen LogP contribution in [0.2, 0.25) is 0 Å². The summed E-state index contributed by atoms with van der Waals surface area (Å²) in [5, 5.41) is 11.4. The molecule has 1 amide bonds. The van der Waals surface area contributed by atoms with E-state index in [0.717, 1.165) is 29.8 Å². The Labute approximate surface area is 155 Å². The van der Waals surface area contributed by atoms with Crippen molar-refractivity contribution in [2.45, 2.75) is 28.4 Å². The number of nitrogens with two attached hydrogens (primary N) is 1. The number of nitrogens with zero attached hydrogens (tertiary/aromatic N) is 2. The van der Waals surface area contributed by atoms with Gasteiger partial charge in [-0.1, -0.05) is 40.8 Å². The number of likely N-dealkylation sites (N-methyl/N-ethyl adjacent to an activating group) is 1. The molecule has 4 rings (SSSR count). The van der Waals surface area contributed by atoms with Crippen molar-refractivity contribution in [3.05, 3.63) is 35.4 Å². The number of halogens is 1. The molecule has 0 fully saturated rings. The maximum Gasteiger partial charge on any atom is 0.263 e. The van der Waals surface area contributed by atoms with E-state index in [2.05, 4.69) is 40.6 Å². The minimum Gasteiger partial charge on any atom is -0.375 e. The summed E-state index contributed by atoms with van der Waals surface area (Å²) in [4.78, 5) is 17.0. The lowest BCUT2D eigenvalue weighted by atomic mass is 9.73. The molecule has 0 spiro atoms. The van der Waals surface area contributed by atoms with Gasteiger partial charge in [-0.2, -0.15) is 0 Å². The topological polar surface area (TPSA) is 69.8 Å². The second-order valence-corrected chi connectivity index (χ2v) is 8.56. The zero-order valence-corrected chi connectivity index (χ0v) is 15.9. The minimum atomic E-state index is -1.41. The summed E-state index contributed by atoms with van der Waals surface area (Å²) >= 11 is 2.45. The van der Waals surface area contributed by atoms with Gasteiger partial charge in [0.05, 0.1) is 5.69 Å². The number of rotatable bonds is 3. The quantitative estimate of drug-likeness (QED) is 0.553. The van der Waals surface area contributed by atoms with E-state index in [1.54, 1.807) is 4.90 Å². The Balaban J connectivity index is 1.89. The van der Waals surface area contributed by atoms with E-state index in [1.807, 2.05) is 18.2 Å². The molecule has 0 radical (unpaired) electrons. The molecule has 1 aromatic rings. The Morgan fingerprint density at radius 3 is 3.00 bits per heavy atom. The Morgan fingerprint density at radius 1 is 1.46 bits per heavy atom. The fourth-order valence-corrected chi connectivity index (χ4v) is 5.36. The van der Waals surface area contributed by atoms with Gasteiger partial charge in [0.15, 0.2) is 5.60 Å². The maximum absolute atomic E-state index is 13.0. The number of hydrogen-bond donors (Lipinski definition) is 2. The number of alkyl halides is 1. The molecule has 0 saturated carbocycles. The van der Waals surface area contributed by atoms with Gasteiger partial charge in [-0.05, 0) is 37.2 Å². The Bertz CT molecular complexity index is 735. The van der Waals surface area contributed by atoms with E-state index < -0.39 is 5.60 Å². The third-order valence-corrected chi connectivity index (χ3v) is 6.20. The molecule has 3 aliphatic rings. The van der Waals surface area contributed by atoms with Gasteiger partial charge in [0.2, 0.25) is 0 Å². The van der Waals surface area contributed by atoms with Gasteiger partial charge in [0.1, 0.15) is 0 Å². The predicted molar refractivity (Wildman–Crippen MR) is 103 cm³/mol. The molecule has 0 saturated heterocycles. The molecule has 3 N–H and O–H groups in total. The first-order valence-corrected chi connectivity index (χ1v) is 9.66. The van der Waals surface area contributed by atoms with Crippen LogP contribution in [0.25, 0.3) is 5.57 Å². The van der Waals surface area contributed by atoms with Crippen molar-refractivity contribution >= 4 is 39.8 Å². The number of benzene rings is 1. The first kappa shape index (κ1) is 16.5. The summed E-state index contributed by atoms with van der Waals surface area (Å²) in [6.07, 6.45) is 3.46. The van der Waals surface area contributed by atoms with Crippen LogP contribution in [0.3, 0.4) is 0 Å². The summed E-state index contributed by atoms with van der Waals surface area (Å²) in [5.41, 5.74) is 8.15. The molecule has 24 heavy (non-hydrogen) atoms. The number of aliphatic hydroxyl groups is 1. The van der Waals surface area contributed by atoms with Gasteiger partial charge < -0.3 is 15.7 Å². The van der Waals surface area contributed by atoms with Gasteiger partial charge in [0, 0.05) is 35.0 Å². The first-order valence-electron chi connectivity index (χ1n) is 8.41. The van der Waals surface area contributed by atoms with Gasteiger partial charge in [-0.15, -0.1) is 0 Å². The number of anilines is 1. The standard InChI is InChI=1S/C18H22IN3O2/c1-21-10-11(19)8-13-12-4-2-5-14-16(12)18(24,9-15(13)21)17(23)22(14)7-3-6-20/h2,4-5,8,11,15,24H,3,6-7,9-10,20H2,1H3/t11-,15-,18?/m1/s1. The monoisotopic (exact) mass is 439 g/mol. The first-order chi connectivity index (χ1) is 11.5. The molecule has 3 atom stereocenters. The molecule has 6 heteroatoms. The number of carbonyl (C=O) groups excluding carboxylic acids is 1. The van der Waals surface area contributed by atoms with Gasteiger partial charge >= 0.3 is 0 Å². The van der Waals surface area contributed by atoms with Crippen LogP contribution in [-0.4, -0.2) is 52.6 Å². The van der Waals surface area contributed by atoms with Crippen LogP contribution < -0.4 is 10.6 Å². The summed E-state index contributed by atoms with van der Waals surface area (Å²) < 4.78 is 0.436. The highest BCUT2D eigenvalue weighted by Crippen LogP contribution is 2.53. The molecule has 1 aliphatic carbocycles. The minimum absolute atomic E-state index is 0.0853. The summed E-state index contributed by atoms with van der Waals surface area (Å²) in [6, 6.07) is 6.06. The average Bonchev–Trinajstić information content (AvgIpc) is 2.76. The molecule has 2 heterocycles. The third kappa shape index (κ3) is 2.20. The summed E-state index contributed by atoms with van der Waals surface area (Å²) in [5.74, 6) is -0.192. The Kier molecular flexibility index (Phi) is 3.98. The predicted octanol–water partition coefficient (Wildman–Crippen LogP) is 1.47. The van der Waals surface area contributed by atoms with Crippen LogP contribution in [0.5, 0.6) is 0 Å². The molecule has 2 aliphatic heterocycles. The lowest BCUT2D eigenvalue weighted by molar-refractivity contribution is -0.138. The smallest absolute Gasteiger partial charge is 0.263 e. The zero-order chi connectivity index (χ0) is 17.1. The van der Waals surface area contributed by atoms with Crippen molar-refractivity contribution < 1.29 is 9.90 Å². The third-order valence-electron chi connectivity index (χ3n) is 5.45. The number of amides is 1. The molecule has 0 bridgehead atoms. The fraction of sp³-hybridized carbons (Fsp3) is 0.500. The van der Waals surface area contributed by atoms with Crippen molar-refractivity contribution in [1.82, 2.24) is 4.90 Å². The van der Waals surface area contributed by atoms with Crippen molar-refractivity contribution in [3.8, 4) is 0 Å². The van der Waals surface area contributed by atoms with E-state index in [9.17, 15) is 9.90 Å². The largest absolute Gasteiger partial charge is 0.375 e. The second-order valence-electron chi connectivity index (χ2n) is 6.96. The second kappa shape index (κ2) is 5.79. The average molecular weight is 439 g/mol. The van der Waals surface area contributed by atoms with Crippen LogP contribution >= 0.6 is 22.6 Å². The maximum atomic E-state index is 13.0. The highest BCUT2D eigenvalue weighted by molar-refractivity contribution is 14.1. The highest BCUT2D eigenvalue weighted by Gasteiger charge is 2.56. The van der Waals surface area contributed by atoms with Gasteiger partial charge in [0.25, 0.3) is 5.91 Å². The molecule has 5 nitrogen and oxygen atoms in total. The fourth-order valence-electron chi connectivity index (χ4n) is 4.35. The van der Waals surface area contributed by atoms with E-state index >= 15 is 0 Å². The summed E-state index contributed by atoms with van der Waals surface area (Å²) in [7, 11) is 2.08. The van der Waals surface area contributed by atoms with Crippen LogP contribution in [-0.2, 0) is 10.4 Å². The van der Waals surface area contributed by atoms with Crippen molar-refractivity contribution in [2.75, 3.05) is 31.6 Å². The SMILES string of the molecule is CN1C[C@H](I)C=C2c3cccc4c3C(O)(C[C@H]21)C(=O)N4CCCN. The Morgan fingerprint density at radius 2 is 2.25 bits per heavy atom. The lowest BCUT2D eigenvalue weighted by Gasteiger charge is -2.43. The molecule has 128 valence electrons. The van der Waals surface area contributed by atoms with Crippen LogP contribution in [0.15, 0.2) is 24.3 Å². The molecular formula is C18H22IN3O2. The molecule has 0 aromatic heterocycles. The lowest BCUT2D eigenvalue weighted by Crippen LogP contribution is -2.51. The van der Waals surface area contributed by atoms with E-state index in [1.165, 1.54) is 5.57 Å². The number of carbonyl (C=O) groups is 1. The molecular weight excluding hydrogens is 417 g/mol. The van der Waals surface area contributed by atoms with E-state index in [4.69, 9.17) is 5.73 Å². The van der Waals surface area contributed by atoms with Crippen LogP contribution in [0, 0.1) is 0 Å². The van der Waals surface area contributed by atoms with Gasteiger partial charge in [-0.25, -0.2) is 0 Å². The summed E-state index contributed by atoms with van der Waals surface area (Å²) in [6.45, 7) is 2.03. The van der Waals surface area contributed by atoms with E-state index in [0.29, 0.717) is 23.4 Å². The van der Waals surface area contributed by atoms with Crippen LogP contribution in [0.1, 0.15) is 24.0 Å². The number of fused-ring (bicyclic) bond motifs is 2. The normalized spacial score (nSPS) is 31.8. The highest BCUT2D eigenvalue weighted by atomic mass is 127. The zero-order valence-electron chi connectivity index (χ0n) is 13.7. The van der Waals surface area contributed by atoms with Crippen LogP contribution in [0.4, 0.5) is 5.69 Å². The molecule has 1 aromatic carbocycles. The number of hydrogen-bond acceptors (Lipinski definition) is 4.